The minimum absolute atomic E-state index is 0.0369. The van der Waals surface area contributed by atoms with Gasteiger partial charge < -0.3 is 15.4 Å². The maximum absolute atomic E-state index is 13.1. The van der Waals surface area contributed by atoms with Crippen molar-refractivity contribution in [3.05, 3.63) is 28.8 Å². The van der Waals surface area contributed by atoms with E-state index in [1.54, 1.807) is 7.11 Å². The highest BCUT2D eigenvalue weighted by atomic mass is 35.5. The molecule has 0 heterocycles. The maximum Gasteiger partial charge on any atom is 0.319 e. The second kappa shape index (κ2) is 6.58. The van der Waals surface area contributed by atoms with E-state index in [4.69, 9.17) is 16.3 Å². The fraction of sp³-hybridized carbons (Fsp3) is 0.500. The molecule has 0 aromatic heterocycles. The van der Waals surface area contributed by atoms with Gasteiger partial charge in [0.05, 0.1) is 10.7 Å². The monoisotopic (exact) mass is 318 g/mol. The first kappa shape index (κ1) is 16.0. The van der Waals surface area contributed by atoms with Crippen LogP contribution in [-0.4, -0.2) is 26.3 Å². The molecule has 116 valence electrons. The molecular weight excluding hydrogens is 302 g/mol. The maximum atomic E-state index is 13.1. The third-order valence-electron chi connectivity index (χ3n) is 3.68. The van der Waals surface area contributed by atoms with Gasteiger partial charge in [-0.2, -0.15) is 0 Å². The lowest BCUT2D eigenvalue weighted by Crippen LogP contribution is -2.34. The number of halogens is 3. The van der Waals surface area contributed by atoms with Crippen LogP contribution in [0.4, 0.5) is 19.3 Å². The molecule has 0 radical (unpaired) electrons. The molecule has 2 amide bonds. The number of amides is 2. The molecule has 1 aromatic carbocycles. The van der Waals surface area contributed by atoms with Crippen molar-refractivity contribution in [1.29, 1.82) is 0 Å². The van der Waals surface area contributed by atoms with Crippen molar-refractivity contribution < 1.29 is 18.3 Å². The van der Waals surface area contributed by atoms with Crippen LogP contribution in [0.5, 0.6) is 0 Å². The highest BCUT2D eigenvalue weighted by Crippen LogP contribution is 2.48. The zero-order chi connectivity index (χ0) is 15.5. The summed E-state index contributed by atoms with van der Waals surface area (Å²) in [6.45, 7) is 1.17. The van der Waals surface area contributed by atoms with Crippen LogP contribution in [0.15, 0.2) is 12.1 Å². The number of rotatable bonds is 6. The van der Waals surface area contributed by atoms with Crippen LogP contribution < -0.4 is 10.6 Å². The second-order valence-electron chi connectivity index (χ2n) is 5.30. The van der Waals surface area contributed by atoms with Crippen LogP contribution >= 0.6 is 11.6 Å². The molecule has 1 fully saturated rings. The number of anilines is 1. The van der Waals surface area contributed by atoms with E-state index >= 15 is 0 Å². The summed E-state index contributed by atoms with van der Waals surface area (Å²) in [6.07, 6.45) is 2.97. The molecule has 21 heavy (non-hydrogen) atoms. The molecule has 0 spiro atoms. The van der Waals surface area contributed by atoms with Gasteiger partial charge in [0.1, 0.15) is 0 Å². The molecule has 7 heteroatoms. The van der Waals surface area contributed by atoms with Crippen LogP contribution in [-0.2, 0) is 4.74 Å². The summed E-state index contributed by atoms with van der Waals surface area (Å²) in [6, 6.07) is 1.19. The molecule has 1 aliphatic rings. The Morgan fingerprint density at radius 2 is 2.05 bits per heavy atom. The number of nitrogens with one attached hydrogen (secondary N) is 2. The fourth-order valence-corrected chi connectivity index (χ4v) is 2.26. The third kappa shape index (κ3) is 4.28. The number of benzene rings is 1. The highest BCUT2D eigenvalue weighted by Gasteiger charge is 2.42. The molecule has 0 aliphatic heterocycles. The lowest BCUT2D eigenvalue weighted by atomic mass is 10.0. The van der Waals surface area contributed by atoms with E-state index in [-0.39, 0.29) is 16.1 Å². The average molecular weight is 319 g/mol. The Kier molecular flexibility index (Phi) is 5.00. The second-order valence-corrected chi connectivity index (χ2v) is 5.70. The minimum Gasteiger partial charge on any atom is -0.385 e. The van der Waals surface area contributed by atoms with Gasteiger partial charge in [0.2, 0.25) is 0 Å². The van der Waals surface area contributed by atoms with Crippen molar-refractivity contribution in [2.24, 2.45) is 5.41 Å². The third-order valence-corrected chi connectivity index (χ3v) is 3.99. The van der Waals surface area contributed by atoms with E-state index in [1.807, 2.05) is 0 Å². The number of methoxy groups -OCH3 is 1. The normalized spacial score (nSPS) is 15.6. The van der Waals surface area contributed by atoms with Gasteiger partial charge in [-0.05, 0) is 30.7 Å². The Labute approximate surface area is 126 Å². The molecule has 1 aromatic rings. The Balaban J connectivity index is 1.86. The van der Waals surface area contributed by atoms with Crippen molar-refractivity contribution in [1.82, 2.24) is 5.32 Å². The number of carbonyl (C=O) groups is 1. The summed E-state index contributed by atoms with van der Waals surface area (Å²) in [7, 11) is 1.64. The van der Waals surface area contributed by atoms with Gasteiger partial charge in [-0.1, -0.05) is 11.6 Å². The molecule has 2 rings (SSSR count). The van der Waals surface area contributed by atoms with Crippen LogP contribution in [0.25, 0.3) is 0 Å². The van der Waals surface area contributed by atoms with Crippen LogP contribution in [0.2, 0.25) is 5.02 Å². The lowest BCUT2D eigenvalue weighted by Gasteiger charge is -2.16. The predicted molar refractivity (Wildman–Crippen MR) is 76.5 cm³/mol. The van der Waals surface area contributed by atoms with E-state index in [2.05, 4.69) is 10.6 Å². The van der Waals surface area contributed by atoms with Crippen molar-refractivity contribution in [2.75, 3.05) is 25.6 Å². The predicted octanol–water partition coefficient (Wildman–Crippen LogP) is 3.56. The minimum atomic E-state index is -1.06. The molecule has 1 saturated carbocycles. The fourth-order valence-electron chi connectivity index (χ4n) is 2.06. The number of hydrogen-bond donors (Lipinski definition) is 2. The number of urea groups is 1. The van der Waals surface area contributed by atoms with E-state index in [9.17, 15) is 13.6 Å². The van der Waals surface area contributed by atoms with Crippen molar-refractivity contribution in [2.45, 2.75) is 19.3 Å². The molecule has 4 nitrogen and oxygen atoms in total. The standard InChI is InChI=1S/C14H17ClF2N2O2/c1-21-5-4-14(2-3-14)8-18-13(20)19-12-7-11(17)10(16)6-9(12)15/h6-7H,2-5,8H2,1H3,(H2,18,19,20). The van der Waals surface area contributed by atoms with Gasteiger partial charge in [-0.15, -0.1) is 0 Å². The summed E-state index contributed by atoms with van der Waals surface area (Å²) in [5.74, 6) is -2.11. The van der Waals surface area contributed by atoms with E-state index in [0.717, 1.165) is 31.4 Å². The molecule has 2 N–H and O–H groups in total. The Bertz CT molecular complexity index is 536. The smallest absolute Gasteiger partial charge is 0.319 e. The first-order valence-electron chi connectivity index (χ1n) is 6.64. The van der Waals surface area contributed by atoms with Crippen LogP contribution in [0.3, 0.4) is 0 Å². The molecule has 0 bridgehead atoms. The zero-order valence-corrected chi connectivity index (χ0v) is 12.4. The summed E-state index contributed by atoms with van der Waals surface area (Å²) >= 11 is 5.75. The topological polar surface area (TPSA) is 50.4 Å². The van der Waals surface area contributed by atoms with Gasteiger partial charge in [0, 0.05) is 26.3 Å². The molecule has 0 atom stereocenters. The van der Waals surface area contributed by atoms with E-state index in [1.165, 1.54) is 0 Å². The molecule has 0 unspecified atom stereocenters. The van der Waals surface area contributed by atoms with Crippen molar-refractivity contribution >= 4 is 23.3 Å². The quantitative estimate of drug-likeness (QED) is 0.788. The van der Waals surface area contributed by atoms with E-state index in [0.29, 0.717) is 13.2 Å². The van der Waals surface area contributed by atoms with Gasteiger partial charge in [-0.25, -0.2) is 13.6 Å². The summed E-state index contributed by atoms with van der Waals surface area (Å²) < 4.78 is 31.1. The molecule has 1 aliphatic carbocycles. The Morgan fingerprint density at radius 1 is 1.38 bits per heavy atom. The van der Waals surface area contributed by atoms with Gasteiger partial charge in [0.15, 0.2) is 11.6 Å². The molecule has 0 saturated heterocycles. The van der Waals surface area contributed by atoms with Crippen molar-refractivity contribution in [3.8, 4) is 0 Å². The zero-order valence-electron chi connectivity index (χ0n) is 11.6. The SMILES string of the molecule is COCCC1(CNC(=O)Nc2cc(F)c(F)cc2Cl)CC1. The summed E-state index contributed by atoms with van der Waals surface area (Å²) in [4.78, 5) is 11.8. The lowest BCUT2D eigenvalue weighted by molar-refractivity contribution is 0.171. The first-order valence-corrected chi connectivity index (χ1v) is 7.02. The van der Waals surface area contributed by atoms with Crippen molar-refractivity contribution in [3.63, 3.8) is 0 Å². The number of ether oxygens (including phenoxy) is 1. The first-order chi connectivity index (χ1) is 9.96. The van der Waals surface area contributed by atoms with Gasteiger partial charge in [-0.3, -0.25) is 0 Å². The van der Waals surface area contributed by atoms with Gasteiger partial charge >= 0.3 is 6.03 Å². The number of hydrogen-bond acceptors (Lipinski definition) is 2. The summed E-state index contributed by atoms with van der Waals surface area (Å²) in [5.41, 5.74) is 0.139. The summed E-state index contributed by atoms with van der Waals surface area (Å²) in [5, 5.41) is 5.09. The van der Waals surface area contributed by atoms with Crippen LogP contribution in [0, 0.1) is 17.0 Å². The van der Waals surface area contributed by atoms with Gasteiger partial charge in [0.25, 0.3) is 0 Å². The highest BCUT2D eigenvalue weighted by molar-refractivity contribution is 6.33. The average Bonchev–Trinajstić information content (AvgIpc) is 3.21. The molecular formula is C14H17ClF2N2O2. The van der Waals surface area contributed by atoms with E-state index < -0.39 is 17.7 Å². The number of carbonyl (C=O) groups excluding carboxylic acids is 1. The Morgan fingerprint density at radius 3 is 2.67 bits per heavy atom. The van der Waals surface area contributed by atoms with Crippen LogP contribution in [0.1, 0.15) is 19.3 Å². The Hall–Kier alpha value is -1.40. The largest absolute Gasteiger partial charge is 0.385 e.